The maximum atomic E-state index is 12.7. The number of benzene rings is 3. The first kappa shape index (κ1) is 21.7. The van der Waals surface area contributed by atoms with E-state index >= 15 is 0 Å². The summed E-state index contributed by atoms with van der Waals surface area (Å²) in [5.41, 5.74) is 2.69. The average Bonchev–Trinajstić information content (AvgIpc) is 2.77. The van der Waals surface area contributed by atoms with E-state index in [0.29, 0.717) is 36.1 Å². The van der Waals surface area contributed by atoms with Crippen LogP contribution in [0.25, 0.3) is 0 Å². The lowest BCUT2D eigenvalue weighted by Crippen LogP contribution is -2.25. The Hall–Kier alpha value is -2.98. The van der Waals surface area contributed by atoms with Gasteiger partial charge in [-0.2, -0.15) is 0 Å². The Morgan fingerprint density at radius 3 is 2.43 bits per heavy atom. The average molecular weight is 424 g/mol. The molecule has 1 N–H and O–H groups in total. The first-order valence-corrected chi connectivity index (χ1v) is 10.5. The summed E-state index contributed by atoms with van der Waals surface area (Å²) in [5.74, 6) is 1.21. The lowest BCUT2D eigenvalue weighted by Gasteiger charge is -2.12. The second-order valence-corrected chi connectivity index (χ2v) is 7.29. The molecule has 0 atom stereocenters. The number of halogens is 1. The molecule has 0 spiro atoms. The molecule has 0 heterocycles. The highest BCUT2D eigenvalue weighted by molar-refractivity contribution is 6.31. The molecule has 3 aromatic carbocycles. The molecule has 0 aliphatic heterocycles. The lowest BCUT2D eigenvalue weighted by atomic mass is 10.1. The number of nitrogens with one attached hydrogen (secondary N) is 1. The van der Waals surface area contributed by atoms with Crippen molar-refractivity contribution < 1.29 is 14.3 Å². The van der Waals surface area contributed by atoms with Gasteiger partial charge < -0.3 is 14.8 Å². The van der Waals surface area contributed by atoms with Gasteiger partial charge in [-0.15, -0.1) is 0 Å². The van der Waals surface area contributed by atoms with Gasteiger partial charge in [0.1, 0.15) is 18.1 Å². The van der Waals surface area contributed by atoms with E-state index in [2.05, 4.69) is 17.4 Å². The van der Waals surface area contributed by atoms with Gasteiger partial charge >= 0.3 is 0 Å². The molecule has 30 heavy (non-hydrogen) atoms. The second kappa shape index (κ2) is 11.3. The zero-order valence-electron chi connectivity index (χ0n) is 17.1. The van der Waals surface area contributed by atoms with Crippen LogP contribution >= 0.6 is 11.6 Å². The van der Waals surface area contributed by atoms with Gasteiger partial charge in [0.05, 0.1) is 12.2 Å². The van der Waals surface area contributed by atoms with E-state index in [9.17, 15) is 4.79 Å². The topological polar surface area (TPSA) is 47.6 Å². The Morgan fingerprint density at radius 2 is 1.70 bits per heavy atom. The largest absolute Gasteiger partial charge is 0.494 e. The molecule has 156 valence electrons. The molecule has 1 amide bonds. The van der Waals surface area contributed by atoms with Crippen molar-refractivity contribution in [2.24, 2.45) is 0 Å². The second-order valence-electron chi connectivity index (χ2n) is 6.85. The molecule has 0 unspecified atom stereocenters. The third-order valence-corrected chi connectivity index (χ3v) is 4.82. The third kappa shape index (κ3) is 6.53. The van der Waals surface area contributed by atoms with Crippen LogP contribution in [0.15, 0.2) is 72.8 Å². The summed E-state index contributed by atoms with van der Waals surface area (Å²) in [6.45, 7) is 3.58. The summed E-state index contributed by atoms with van der Waals surface area (Å²) in [4.78, 5) is 12.7. The highest BCUT2D eigenvalue weighted by atomic mass is 35.5. The molecule has 0 bridgehead atoms. The fraction of sp³-hybridized carbons (Fsp3) is 0.240. The predicted octanol–water partition coefficient (Wildman–Crippen LogP) is 5.68. The van der Waals surface area contributed by atoms with Gasteiger partial charge in [0, 0.05) is 11.6 Å². The SMILES string of the molecule is CCOc1ccc(CCCNC(=O)c2cc(Cl)ccc2OCc2ccccc2)cc1. The van der Waals surface area contributed by atoms with Crippen LogP contribution in [0.2, 0.25) is 5.02 Å². The molecule has 4 nitrogen and oxygen atoms in total. The van der Waals surface area contributed by atoms with E-state index < -0.39 is 0 Å². The molecule has 0 aliphatic carbocycles. The van der Waals surface area contributed by atoms with Crippen molar-refractivity contribution in [3.05, 3.63) is 94.5 Å². The van der Waals surface area contributed by atoms with E-state index in [1.165, 1.54) is 5.56 Å². The summed E-state index contributed by atoms with van der Waals surface area (Å²) in [6.07, 6.45) is 1.71. The van der Waals surface area contributed by atoms with Crippen molar-refractivity contribution in [3.63, 3.8) is 0 Å². The molecule has 0 saturated carbocycles. The van der Waals surface area contributed by atoms with Crippen molar-refractivity contribution in [2.45, 2.75) is 26.4 Å². The number of rotatable bonds is 10. The number of ether oxygens (including phenoxy) is 2. The van der Waals surface area contributed by atoms with Crippen LogP contribution in [0, 0.1) is 0 Å². The van der Waals surface area contributed by atoms with Crippen molar-refractivity contribution >= 4 is 17.5 Å². The number of aryl methyl sites for hydroxylation is 1. The molecule has 3 rings (SSSR count). The summed E-state index contributed by atoms with van der Waals surface area (Å²) >= 11 is 6.11. The van der Waals surface area contributed by atoms with Crippen LogP contribution in [-0.2, 0) is 13.0 Å². The van der Waals surface area contributed by atoms with E-state index in [4.69, 9.17) is 21.1 Å². The minimum atomic E-state index is -0.188. The van der Waals surface area contributed by atoms with Gasteiger partial charge in [0.2, 0.25) is 0 Å². The van der Waals surface area contributed by atoms with Gasteiger partial charge in [-0.05, 0) is 61.2 Å². The first-order chi connectivity index (χ1) is 14.7. The quantitative estimate of drug-likeness (QED) is 0.427. The molecule has 5 heteroatoms. The third-order valence-electron chi connectivity index (χ3n) is 4.59. The van der Waals surface area contributed by atoms with E-state index in [1.807, 2.05) is 49.4 Å². The van der Waals surface area contributed by atoms with Crippen LogP contribution in [0.4, 0.5) is 0 Å². The smallest absolute Gasteiger partial charge is 0.255 e. The maximum absolute atomic E-state index is 12.7. The Balaban J connectivity index is 1.52. The minimum Gasteiger partial charge on any atom is -0.494 e. The fourth-order valence-corrected chi connectivity index (χ4v) is 3.22. The van der Waals surface area contributed by atoms with E-state index in [1.54, 1.807) is 18.2 Å². The van der Waals surface area contributed by atoms with Crippen molar-refractivity contribution in [1.82, 2.24) is 5.32 Å². The Kier molecular flexibility index (Phi) is 8.16. The molecule has 0 aromatic heterocycles. The maximum Gasteiger partial charge on any atom is 0.255 e. The highest BCUT2D eigenvalue weighted by Crippen LogP contribution is 2.24. The van der Waals surface area contributed by atoms with Crippen LogP contribution in [0.3, 0.4) is 0 Å². The number of carbonyl (C=O) groups is 1. The summed E-state index contributed by atoms with van der Waals surface area (Å²) in [5, 5.41) is 3.47. The molecule has 0 fully saturated rings. The molecule has 0 saturated heterocycles. The van der Waals surface area contributed by atoms with Gasteiger partial charge in [-0.1, -0.05) is 54.1 Å². The van der Waals surface area contributed by atoms with Crippen LogP contribution in [-0.4, -0.2) is 19.1 Å². The Bertz CT molecular complexity index is 942. The van der Waals surface area contributed by atoms with Crippen LogP contribution in [0.1, 0.15) is 34.8 Å². The molecular formula is C25H26ClNO3. The summed E-state index contributed by atoms with van der Waals surface area (Å²) < 4.78 is 11.3. The standard InChI is InChI=1S/C25H26ClNO3/c1-2-29-22-13-10-19(11-14-22)9-6-16-27-25(28)23-17-21(26)12-15-24(23)30-18-20-7-4-3-5-8-20/h3-5,7-8,10-15,17H,2,6,9,16,18H2,1H3,(H,27,28). The number of amides is 1. The lowest BCUT2D eigenvalue weighted by molar-refractivity contribution is 0.0948. The van der Waals surface area contributed by atoms with Crippen molar-refractivity contribution in [2.75, 3.05) is 13.2 Å². The Labute approximate surface area is 182 Å². The molecule has 3 aromatic rings. The minimum absolute atomic E-state index is 0.188. The zero-order valence-corrected chi connectivity index (χ0v) is 17.8. The van der Waals surface area contributed by atoms with Crippen molar-refractivity contribution in [3.8, 4) is 11.5 Å². The summed E-state index contributed by atoms with van der Waals surface area (Å²) in [6, 6.07) is 23.0. The van der Waals surface area contributed by atoms with Gasteiger partial charge in [0.15, 0.2) is 0 Å². The Morgan fingerprint density at radius 1 is 0.933 bits per heavy atom. The van der Waals surface area contributed by atoms with Crippen LogP contribution in [0.5, 0.6) is 11.5 Å². The normalized spacial score (nSPS) is 10.5. The predicted molar refractivity (Wildman–Crippen MR) is 120 cm³/mol. The molecule has 0 radical (unpaired) electrons. The number of hydrogen-bond acceptors (Lipinski definition) is 3. The van der Waals surface area contributed by atoms with E-state index in [0.717, 1.165) is 24.2 Å². The van der Waals surface area contributed by atoms with Gasteiger partial charge in [-0.25, -0.2) is 0 Å². The number of carbonyl (C=O) groups excluding carboxylic acids is 1. The van der Waals surface area contributed by atoms with Crippen LogP contribution < -0.4 is 14.8 Å². The first-order valence-electron chi connectivity index (χ1n) is 10.1. The van der Waals surface area contributed by atoms with Gasteiger partial charge in [0.25, 0.3) is 5.91 Å². The van der Waals surface area contributed by atoms with E-state index in [-0.39, 0.29) is 5.91 Å². The van der Waals surface area contributed by atoms with Crippen molar-refractivity contribution in [1.29, 1.82) is 0 Å². The highest BCUT2D eigenvalue weighted by Gasteiger charge is 2.13. The fourth-order valence-electron chi connectivity index (χ4n) is 3.05. The number of hydrogen-bond donors (Lipinski definition) is 1. The monoisotopic (exact) mass is 423 g/mol. The zero-order chi connectivity index (χ0) is 21.2. The molecule has 0 aliphatic rings. The molecular weight excluding hydrogens is 398 g/mol. The van der Waals surface area contributed by atoms with Gasteiger partial charge in [-0.3, -0.25) is 4.79 Å². The summed E-state index contributed by atoms with van der Waals surface area (Å²) in [7, 11) is 0.